The summed E-state index contributed by atoms with van der Waals surface area (Å²) in [6.45, 7) is 0.512. The van der Waals surface area contributed by atoms with Crippen LogP contribution in [0.15, 0.2) is 41.9 Å². The van der Waals surface area contributed by atoms with Crippen molar-refractivity contribution in [3.63, 3.8) is 0 Å². The average Bonchev–Trinajstić information content (AvgIpc) is 2.81. The number of amides is 2. The Morgan fingerprint density at radius 3 is 2.81 bits per heavy atom. The fraction of sp³-hybridized carbons (Fsp3) is 0.0909. The quantitative estimate of drug-likeness (QED) is 0.855. The molecular weight excluding hydrogens is 222 g/mol. The molecule has 1 aromatic heterocycles. The van der Waals surface area contributed by atoms with Gasteiger partial charge in [0.25, 0.3) is 0 Å². The molecule has 0 aliphatic rings. The molecule has 2 aromatic rings. The summed E-state index contributed by atoms with van der Waals surface area (Å²) < 4.78 is 0. The van der Waals surface area contributed by atoms with Gasteiger partial charge in [-0.25, -0.2) is 9.78 Å². The summed E-state index contributed by atoms with van der Waals surface area (Å²) in [5, 5.41) is 7.82. The van der Waals surface area contributed by atoms with Crippen LogP contribution in [0.5, 0.6) is 0 Å². The van der Waals surface area contributed by atoms with Crippen LogP contribution in [-0.2, 0) is 6.54 Å². The van der Waals surface area contributed by atoms with Crippen molar-refractivity contribution in [2.75, 3.05) is 5.32 Å². The molecule has 0 bridgehead atoms. The van der Waals surface area contributed by atoms with E-state index >= 15 is 0 Å². The summed E-state index contributed by atoms with van der Waals surface area (Å²) in [5.74, 6) is 0. The highest BCUT2D eigenvalue weighted by atomic mass is 32.1. The lowest BCUT2D eigenvalue weighted by Crippen LogP contribution is -2.28. The lowest BCUT2D eigenvalue weighted by molar-refractivity contribution is 0.251. The molecule has 0 saturated carbocycles. The van der Waals surface area contributed by atoms with Gasteiger partial charge in [0.1, 0.15) is 0 Å². The first kappa shape index (κ1) is 10.6. The van der Waals surface area contributed by atoms with E-state index in [0.29, 0.717) is 11.7 Å². The van der Waals surface area contributed by atoms with Crippen LogP contribution in [0, 0.1) is 0 Å². The summed E-state index contributed by atoms with van der Waals surface area (Å²) in [4.78, 5) is 15.4. The van der Waals surface area contributed by atoms with Crippen molar-refractivity contribution < 1.29 is 4.79 Å². The minimum absolute atomic E-state index is 0.237. The zero-order valence-electron chi connectivity index (χ0n) is 8.51. The number of thiazole rings is 1. The first-order valence-corrected chi connectivity index (χ1v) is 5.71. The van der Waals surface area contributed by atoms with Gasteiger partial charge in [-0.2, -0.15) is 0 Å². The fourth-order valence-electron chi connectivity index (χ4n) is 1.20. The predicted octanol–water partition coefficient (Wildman–Crippen LogP) is 2.46. The van der Waals surface area contributed by atoms with E-state index in [9.17, 15) is 4.79 Å². The molecule has 2 rings (SSSR count). The Balaban J connectivity index is 1.80. The van der Waals surface area contributed by atoms with Crippen molar-refractivity contribution >= 4 is 22.5 Å². The maximum absolute atomic E-state index is 11.4. The minimum Gasteiger partial charge on any atom is -0.334 e. The molecule has 2 amide bonds. The van der Waals surface area contributed by atoms with Gasteiger partial charge in [0.05, 0.1) is 0 Å². The average molecular weight is 233 g/mol. The third-order valence-electron chi connectivity index (χ3n) is 1.95. The molecule has 0 radical (unpaired) electrons. The van der Waals surface area contributed by atoms with E-state index < -0.39 is 0 Å². The normalized spacial score (nSPS) is 9.75. The van der Waals surface area contributed by atoms with Crippen LogP contribution in [0.25, 0.3) is 0 Å². The first-order chi connectivity index (χ1) is 7.84. The number of nitrogens with one attached hydrogen (secondary N) is 2. The van der Waals surface area contributed by atoms with E-state index in [1.165, 1.54) is 11.3 Å². The third kappa shape index (κ3) is 3.06. The van der Waals surface area contributed by atoms with Crippen LogP contribution in [0.1, 0.15) is 5.56 Å². The van der Waals surface area contributed by atoms with Crippen LogP contribution in [0.3, 0.4) is 0 Å². The molecular formula is C11H11N3OS. The molecule has 1 aromatic carbocycles. The molecule has 82 valence electrons. The van der Waals surface area contributed by atoms with E-state index in [1.54, 1.807) is 6.20 Å². The van der Waals surface area contributed by atoms with Crippen molar-refractivity contribution in [3.8, 4) is 0 Å². The topological polar surface area (TPSA) is 54.0 Å². The Morgan fingerprint density at radius 1 is 1.31 bits per heavy atom. The van der Waals surface area contributed by atoms with Gasteiger partial charge in [-0.05, 0) is 5.56 Å². The maximum Gasteiger partial charge on any atom is 0.321 e. The van der Waals surface area contributed by atoms with Gasteiger partial charge in [-0.3, -0.25) is 5.32 Å². The molecule has 16 heavy (non-hydrogen) atoms. The standard InChI is InChI=1S/C11H11N3OS/c15-10(14-11-12-6-7-16-11)13-8-9-4-2-1-3-5-9/h1-7H,8H2,(H2,12,13,14,15). The second-order valence-electron chi connectivity index (χ2n) is 3.13. The van der Waals surface area contributed by atoms with Crippen LogP contribution < -0.4 is 10.6 Å². The minimum atomic E-state index is -0.237. The number of hydrogen-bond donors (Lipinski definition) is 2. The number of rotatable bonds is 3. The zero-order valence-corrected chi connectivity index (χ0v) is 9.33. The molecule has 0 spiro atoms. The molecule has 0 fully saturated rings. The van der Waals surface area contributed by atoms with E-state index in [0.717, 1.165) is 5.56 Å². The van der Waals surface area contributed by atoms with Crippen molar-refractivity contribution in [1.82, 2.24) is 10.3 Å². The molecule has 2 N–H and O–H groups in total. The van der Waals surface area contributed by atoms with Crippen molar-refractivity contribution in [2.45, 2.75) is 6.54 Å². The molecule has 0 atom stereocenters. The van der Waals surface area contributed by atoms with Gasteiger partial charge in [0.2, 0.25) is 0 Å². The number of nitrogens with zero attached hydrogens (tertiary/aromatic N) is 1. The summed E-state index contributed by atoms with van der Waals surface area (Å²) in [5.41, 5.74) is 1.07. The van der Waals surface area contributed by atoms with Crippen LogP contribution in [-0.4, -0.2) is 11.0 Å². The predicted molar refractivity (Wildman–Crippen MR) is 64.4 cm³/mol. The highest BCUT2D eigenvalue weighted by molar-refractivity contribution is 7.13. The van der Waals surface area contributed by atoms with Gasteiger partial charge in [-0.1, -0.05) is 30.3 Å². The monoisotopic (exact) mass is 233 g/mol. The Morgan fingerprint density at radius 2 is 2.12 bits per heavy atom. The number of hydrogen-bond acceptors (Lipinski definition) is 3. The second-order valence-corrected chi connectivity index (χ2v) is 4.03. The number of anilines is 1. The van der Waals surface area contributed by atoms with Crippen LogP contribution >= 0.6 is 11.3 Å². The van der Waals surface area contributed by atoms with Crippen molar-refractivity contribution in [3.05, 3.63) is 47.5 Å². The molecule has 4 nitrogen and oxygen atoms in total. The lowest BCUT2D eigenvalue weighted by atomic mass is 10.2. The lowest BCUT2D eigenvalue weighted by Gasteiger charge is -2.04. The number of urea groups is 1. The van der Waals surface area contributed by atoms with Gasteiger partial charge in [0.15, 0.2) is 5.13 Å². The number of aromatic nitrogens is 1. The Labute approximate surface area is 97.3 Å². The zero-order chi connectivity index (χ0) is 11.2. The summed E-state index contributed by atoms with van der Waals surface area (Å²) >= 11 is 1.39. The Kier molecular flexibility index (Phi) is 3.50. The van der Waals surface area contributed by atoms with Crippen LogP contribution in [0.4, 0.5) is 9.93 Å². The van der Waals surface area contributed by atoms with Gasteiger partial charge >= 0.3 is 6.03 Å². The smallest absolute Gasteiger partial charge is 0.321 e. The molecule has 0 saturated heterocycles. The maximum atomic E-state index is 11.4. The third-order valence-corrected chi connectivity index (χ3v) is 2.64. The van der Waals surface area contributed by atoms with Crippen LogP contribution in [0.2, 0.25) is 0 Å². The van der Waals surface area contributed by atoms with Gasteiger partial charge in [-0.15, -0.1) is 11.3 Å². The fourth-order valence-corrected chi connectivity index (χ4v) is 1.73. The molecule has 5 heteroatoms. The van der Waals surface area contributed by atoms with E-state index in [1.807, 2.05) is 35.7 Å². The van der Waals surface area contributed by atoms with E-state index in [2.05, 4.69) is 15.6 Å². The molecule has 0 unspecified atom stereocenters. The number of carbonyl (C=O) groups excluding carboxylic acids is 1. The summed E-state index contributed by atoms with van der Waals surface area (Å²) in [6.07, 6.45) is 1.65. The summed E-state index contributed by atoms with van der Waals surface area (Å²) in [6, 6.07) is 9.51. The Hall–Kier alpha value is -1.88. The highest BCUT2D eigenvalue weighted by Crippen LogP contribution is 2.09. The Bertz CT molecular complexity index is 442. The highest BCUT2D eigenvalue weighted by Gasteiger charge is 2.02. The molecule has 0 aliphatic heterocycles. The van der Waals surface area contributed by atoms with E-state index in [4.69, 9.17) is 0 Å². The summed E-state index contributed by atoms with van der Waals surface area (Å²) in [7, 11) is 0. The SMILES string of the molecule is O=C(NCc1ccccc1)Nc1nccs1. The largest absolute Gasteiger partial charge is 0.334 e. The first-order valence-electron chi connectivity index (χ1n) is 4.83. The van der Waals surface area contributed by atoms with Crippen molar-refractivity contribution in [1.29, 1.82) is 0 Å². The van der Waals surface area contributed by atoms with Gasteiger partial charge in [0, 0.05) is 18.1 Å². The molecule has 1 heterocycles. The van der Waals surface area contributed by atoms with Crippen molar-refractivity contribution in [2.24, 2.45) is 0 Å². The molecule has 0 aliphatic carbocycles. The number of carbonyl (C=O) groups is 1. The number of benzene rings is 1. The van der Waals surface area contributed by atoms with Gasteiger partial charge < -0.3 is 5.32 Å². The van der Waals surface area contributed by atoms with E-state index in [-0.39, 0.29) is 6.03 Å². The second kappa shape index (κ2) is 5.27.